The van der Waals surface area contributed by atoms with Crippen LogP contribution < -0.4 is 10.6 Å². The first kappa shape index (κ1) is 16.4. The van der Waals surface area contributed by atoms with E-state index in [1.54, 1.807) is 0 Å². The first-order valence-electron chi connectivity index (χ1n) is 6.38. The molecule has 5 nitrogen and oxygen atoms in total. The summed E-state index contributed by atoms with van der Waals surface area (Å²) >= 11 is 0. The summed E-state index contributed by atoms with van der Waals surface area (Å²) in [5, 5.41) is 14.6. The van der Waals surface area contributed by atoms with Crippen molar-refractivity contribution in [2.24, 2.45) is 0 Å². The zero-order valence-electron chi connectivity index (χ0n) is 11.2. The van der Waals surface area contributed by atoms with E-state index in [1.807, 2.05) is 6.92 Å². The second-order valence-electron chi connectivity index (χ2n) is 4.03. The molecule has 0 aromatic heterocycles. The van der Waals surface area contributed by atoms with Gasteiger partial charge in [-0.05, 0) is 19.8 Å². The van der Waals surface area contributed by atoms with Gasteiger partial charge in [0.2, 0.25) is 5.91 Å². The molecule has 1 unspecified atom stereocenters. The monoisotopic (exact) mass is 246 g/mol. The summed E-state index contributed by atoms with van der Waals surface area (Å²) in [6.07, 6.45) is 1.91. The number of ether oxygens (including phenoxy) is 1. The zero-order chi connectivity index (χ0) is 13.1. The highest BCUT2D eigenvalue weighted by Gasteiger charge is 2.14. The van der Waals surface area contributed by atoms with Gasteiger partial charge in [0.15, 0.2) is 0 Å². The van der Waals surface area contributed by atoms with E-state index >= 15 is 0 Å². The number of hydrogen-bond donors (Lipinski definition) is 3. The molecule has 0 aliphatic rings. The van der Waals surface area contributed by atoms with Crippen LogP contribution in [-0.4, -0.2) is 49.5 Å². The summed E-state index contributed by atoms with van der Waals surface area (Å²) in [5.41, 5.74) is 0. The number of carbonyl (C=O) groups is 1. The minimum absolute atomic E-state index is 0.0286. The lowest BCUT2D eigenvalue weighted by Crippen LogP contribution is -2.46. The van der Waals surface area contributed by atoms with Crippen LogP contribution in [0.3, 0.4) is 0 Å². The normalized spacial score (nSPS) is 12.8. The number of nitrogens with one attached hydrogen (secondary N) is 2. The van der Waals surface area contributed by atoms with Gasteiger partial charge in [-0.25, -0.2) is 0 Å². The SMILES string of the molecule is CCC(CC)NC(=O)C(C)NCCOCCO. The van der Waals surface area contributed by atoms with Crippen molar-refractivity contribution in [3.8, 4) is 0 Å². The smallest absolute Gasteiger partial charge is 0.237 e. The average molecular weight is 246 g/mol. The molecule has 1 amide bonds. The quantitative estimate of drug-likeness (QED) is 0.484. The summed E-state index contributed by atoms with van der Waals surface area (Å²) in [5.74, 6) is 0.0286. The summed E-state index contributed by atoms with van der Waals surface area (Å²) in [7, 11) is 0. The number of rotatable bonds is 10. The number of aliphatic hydroxyl groups is 1. The van der Waals surface area contributed by atoms with E-state index < -0.39 is 0 Å². The Labute approximate surface area is 104 Å². The van der Waals surface area contributed by atoms with Crippen molar-refractivity contribution in [3.63, 3.8) is 0 Å². The van der Waals surface area contributed by atoms with Crippen LogP contribution in [0.5, 0.6) is 0 Å². The predicted molar refractivity (Wildman–Crippen MR) is 67.9 cm³/mol. The summed E-state index contributed by atoms with van der Waals surface area (Å²) in [6.45, 7) is 7.45. The number of carbonyl (C=O) groups excluding carboxylic acids is 1. The van der Waals surface area contributed by atoms with Crippen LogP contribution in [-0.2, 0) is 9.53 Å². The van der Waals surface area contributed by atoms with E-state index in [2.05, 4.69) is 24.5 Å². The van der Waals surface area contributed by atoms with Crippen LogP contribution in [0.15, 0.2) is 0 Å². The zero-order valence-corrected chi connectivity index (χ0v) is 11.2. The van der Waals surface area contributed by atoms with Crippen molar-refractivity contribution < 1.29 is 14.6 Å². The lowest BCUT2D eigenvalue weighted by molar-refractivity contribution is -0.123. The highest BCUT2D eigenvalue weighted by molar-refractivity contribution is 5.81. The molecule has 102 valence electrons. The Hall–Kier alpha value is -0.650. The van der Waals surface area contributed by atoms with Gasteiger partial charge in [0.25, 0.3) is 0 Å². The molecule has 0 radical (unpaired) electrons. The number of aliphatic hydroxyl groups excluding tert-OH is 1. The third kappa shape index (κ3) is 8.12. The Morgan fingerprint density at radius 2 is 1.94 bits per heavy atom. The number of amides is 1. The standard InChI is InChI=1S/C12H26N2O3/c1-4-11(5-2)14-12(16)10(3)13-6-8-17-9-7-15/h10-11,13,15H,4-9H2,1-3H3,(H,14,16). The Morgan fingerprint density at radius 3 is 2.47 bits per heavy atom. The third-order valence-electron chi connectivity index (χ3n) is 2.66. The van der Waals surface area contributed by atoms with E-state index in [1.165, 1.54) is 0 Å². The molecule has 0 rings (SSSR count). The number of hydrogen-bond acceptors (Lipinski definition) is 4. The molecule has 17 heavy (non-hydrogen) atoms. The predicted octanol–water partition coefficient (Wildman–Crippen LogP) is 0.278. The van der Waals surface area contributed by atoms with E-state index in [9.17, 15) is 4.79 Å². The van der Waals surface area contributed by atoms with Crippen LogP contribution in [0.2, 0.25) is 0 Å². The van der Waals surface area contributed by atoms with Gasteiger partial charge >= 0.3 is 0 Å². The molecule has 0 saturated heterocycles. The molecular formula is C12H26N2O3. The molecule has 0 fully saturated rings. The maximum Gasteiger partial charge on any atom is 0.237 e. The molecule has 0 spiro atoms. The van der Waals surface area contributed by atoms with E-state index in [4.69, 9.17) is 9.84 Å². The highest BCUT2D eigenvalue weighted by Crippen LogP contribution is 1.96. The minimum Gasteiger partial charge on any atom is -0.394 e. The van der Waals surface area contributed by atoms with Crippen LogP contribution >= 0.6 is 0 Å². The molecular weight excluding hydrogens is 220 g/mol. The van der Waals surface area contributed by atoms with Crippen molar-refractivity contribution in [2.45, 2.75) is 45.7 Å². The Morgan fingerprint density at radius 1 is 1.29 bits per heavy atom. The van der Waals surface area contributed by atoms with Crippen LogP contribution in [0.25, 0.3) is 0 Å². The van der Waals surface area contributed by atoms with Crippen molar-refractivity contribution >= 4 is 5.91 Å². The van der Waals surface area contributed by atoms with Gasteiger partial charge in [-0.15, -0.1) is 0 Å². The maximum atomic E-state index is 11.7. The average Bonchev–Trinajstić information content (AvgIpc) is 2.35. The van der Waals surface area contributed by atoms with Gasteiger partial charge in [0.05, 0.1) is 25.9 Å². The van der Waals surface area contributed by atoms with Crippen molar-refractivity contribution in [1.82, 2.24) is 10.6 Å². The molecule has 5 heteroatoms. The lowest BCUT2D eigenvalue weighted by atomic mass is 10.1. The Balaban J connectivity index is 3.66. The van der Waals surface area contributed by atoms with Crippen LogP contribution in [0, 0.1) is 0 Å². The molecule has 0 aromatic carbocycles. The summed E-state index contributed by atoms with van der Waals surface area (Å²) < 4.78 is 5.09. The molecule has 0 saturated carbocycles. The van der Waals surface area contributed by atoms with Crippen molar-refractivity contribution in [3.05, 3.63) is 0 Å². The summed E-state index contributed by atoms with van der Waals surface area (Å²) in [6, 6.07) is 0.0470. The van der Waals surface area contributed by atoms with E-state index in [0.717, 1.165) is 12.8 Å². The van der Waals surface area contributed by atoms with Crippen LogP contribution in [0.4, 0.5) is 0 Å². The Bertz CT molecular complexity index is 196. The Kier molecular flexibility index (Phi) is 10.1. The molecule has 0 aromatic rings. The lowest BCUT2D eigenvalue weighted by Gasteiger charge is -2.19. The molecule has 0 bridgehead atoms. The summed E-state index contributed by atoms with van der Waals surface area (Å²) in [4.78, 5) is 11.7. The molecule has 3 N–H and O–H groups in total. The van der Waals surface area contributed by atoms with Crippen molar-refractivity contribution in [2.75, 3.05) is 26.4 Å². The molecule has 0 aliphatic carbocycles. The largest absolute Gasteiger partial charge is 0.394 e. The van der Waals surface area contributed by atoms with Gasteiger partial charge < -0.3 is 20.5 Å². The maximum absolute atomic E-state index is 11.7. The molecule has 0 aliphatic heterocycles. The van der Waals surface area contributed by atoms with Gasteiger partial charge in [-0.3, -0.25) is 4.79 Å². The van der Waals surface area contributed by atoms with Crippen LogP contribution in [0.1, 0.15) is 33.6 Å². The van der Waals surface area contributed by atoms with E-state index in [-0.39, 0.29) is 24.6 Å². The third-order valence-corrected chi connectivity index (χ3v) is 2.66. The second kappa shape index (κ2) is 10.5. The first-order valence-corrected chi connectivity index (χ1v) is 6.38. The topological polar surface area (TPSA) is 70.6 Å². The van der Waals surface area contributed by atoms with Gasteiger partial charge in [-0.2, -0.15) is 0 Å². The van der Waals surface area contributed by atoms with Crippen molar-refractivity contribution in [1.29, 1.82) is 0 Å². The van der Waals surface area contributed by atoms with E-state index in [0.29, 0.717) is 19.8 Å². The van der Waals surface area contributed by atoms with Gasteiger partial charge in [0, 0.05) is 12.6 Å². The first-order chi connectivity index (χ1) is 8.15. The second-order valence-corrected chi connectivity index (χ2v) is 4.03. The fourth-order valence-corrected chi connectivity index (χ4v) is 1.43. The molecule has 0 heterocycles. The fourth-order valence-electron chi connectivity index (χ4n) is 1.43. The van der Waals surface area contributed by atoms with Gasteiger partial charge in [0.1, 0.15) is 0 Å². The minimum atomic E-state index is -0.215. The highest BCUT2D eigenvalue weighted by atomic mass is 16.5. The van der Waals surface area contributed by atoms with Gasteiger partial charge in [-0.1, -0.05) is 13.8 Å². The fraction of sp³-hybridized carbons (Fsp3) is 0.917. The molecule has 1 atom stereocenters.